The molecule has 1 heterocycles. The van der Waals surface area contributed by atoms with Crippen molar-refractivity contribution in [3.8, 4) is 11.5 Å². The predicted molar refractivity (Wildman–Crippen MR) is 56.0 cm³/mol. The molecule has 1 aromatic carbocycles. The van der Waals surface area contributed by atoms with Crippen LogP contribution in [-0.4, -0.2) is 17.3 Å². The van der Waals surface area contributed by atoms with Crippen LogP contribution in [0.1, 0.15) is 4.88 Å². The summed E-state index contributed by atoms with van der Waals surface area (Å²) in [6.45, 7) is -0.0120. The van der Waals surface area contributed by atoms with E-state index in [1.165, 1.54) is 11.3 Å². The van der Waals surface area contributed by atoms with E-state index in [1.54, 1.807) is 25.3 Å². The van der Waals surface area contributed by atoms with Gasteiger partial charge >= 0.3 is 0 Å². The van der Waals surface area contributed by atoms with Crippen LogP contribution in [0.15, 0.2) is 18.2 Å². The number of aliphatic hydroxyl groups excluding tert-OH is 1. The fourth-order valence-corrected chi connectivity index (χ4v) is 2.40. The van der Waals surface area contributed by atoms with Crippen LogP contribution >= 0.6 is 11.3 Å². The van der Waals surface area contributed by atoms with Gasteiger partial charge in [0.1, 0.15) is 11.5 Å². The average Bonchev–Trinajstić information content (AvgIpc) is 2.63. The van der Waals surface area contributed by atoms with E-state index in [9.17, 15) is 5.11 Å². The SMILES string of the molecule is COc1ccc(O)c2cc(CO)sc12. The molecule has 0 spiro atoms. The largest absolute Gasteiger partial charge is 0.507 e. The Labute approximate surface area is 85.2 Å². The number of rotatable bonds is 2. The van der Waals surface area contributed by atoms with Crippen LogP contribution in [0.3, 0.4) is 0 Å². The smallest absolute Gasteiger partial charge is 0.136 e. The Morgan fingerprint density at radius 1 is 1.43 bits per heavy atom. The molecule has 0 bridgehead atoms. The van der Waals surface area contributed by atoms with Crippen LogP contribution in [0.25, 0.3) is 10.1 Å². The quantitative estimate of drug-likeness (QED) is 0.798. The van der Waals surface area contributed by atoms with E-state index in [-0.39, 0.29) is 12.4 Å². The minimum absolute atomic E-state index is 0.0120. The molecule has 0 aliphatic rings. The molecule has 4 heteroatoms. The second-order valence-corrected chi connectivity index (χ2v) is 4.04. The van der Waals surface area contributed by atoms with Crippen molar-refractivity contribution in [1.29, 1.82) is 0 Å². The number of aliphatic hydroxyl groups is 1. The summed E-state index contributed by atoms with van der Waals surface area (Å²) in [6, 6.07) is 5.09. The van der Waals surface area contributed by atoms with Gasteiger partial charge in [0.2, 0.25) is 0 Å². The fourth-order valence-electron chi connectivity index (χ4n) is 1.37. The fraction of sp³-hybridized carbons (Fsp3) is 0.200. The predicted octanol–water partition coefficient (Wildman–Crippen LogP) is 2.11. The van der Waals surface area contributed by atoms with Crippen molar-refractivity contribution < 1.29 is 14.9 Å². The molecular formula is C10H10O3S. The third-order valence-corrected chi connectivity index (χ3v) is 3.19. The van der Waals surface area contributed by atoms with Crippen LogP contribution in [-0.2, 0) is 6.61 Å². The van der Waals surface area contributed by atoms with Gasteiger partial charge in [-0.15, -0.1) is 11.3 Å². The molecule has 3 nitrogen and oxygen atoms in total. The Kier molecular flexibility index (Phi) is 2.31. The highest BCUT2D eigenvalue weighted by Gasteiger charge is 2.09. The molecular weight excluding hydrogens is 200 g/mol. The summed E-state index contributed by atoms with van der Waals surface area (Å²) in [7, 11) is 1.59. The third-order valence-electron chi connectivity index (χ3n) is 2.05. The molecule has 0 radical (unpaired) electrons. The normalized spacial score (nSPS) is 10.7. The lowest BCUT2D eigenvalue weighted by molar-refractivity contribution is 0.285. The number of thiophene rings is 1. The van der Waals surface area contributed by atoms with Gasteiger partial charge in [0.05, 0.1) is 18.4 Å². The first-order valence-corrected chi connectivity index (χ1v) is 4.97. The molecule has 0 atom stereocenters. The Bertz CT molecular complexity index is 462. The minimum atomic E-state index is -0.0120. The Morgan fingerprint density at radius 3 is 2.86 bits per heavy atom. The summed E-state index contributed by atoms with van der Waals surface area (Å²) in [5.41, 5.74) is 0. The molecule has 0 fully saturated rings. The molecule has 1 aromatic heterocycles. The molecule has 2 aromatic rings. The first-order chi connectivity index (χ1) is 6.76. The van der Waals surface area contributed by atoms with Gasteiger partial charge in [0.25, 0.3) is 0 Å². The number of benzene rings is 1. The Morgan fingerprint density at radius 2 is 2.21 bits per heavy atom. The van der Waals surface area contributed by atoms with E-state index in [4.69, 9.17) is 9.84 Å². The topological polar surface area (TPSA) is 49.7 Å². The van der Waals surface area contributed by atoms with Crippen molar-refractivity contribution in [2.24, 2.45) is 0 Å². The summed E-state index contributed by atoms with van der Waals surface area (Å²) in [5, 5.41) is 19.3. The van der Waals surface area contributed by atoms with Gasteiger partial charge in [0, 0.05) is 10.3 Å². The molecule has 0 saturated heterocycles. The number of phenolic OH excluding ortho intramolecular Hbond substituents is 1. The minimum Gasteiger partial charge on any atom is -0.507 e. The highest BCUT2D eigenvalue weighted by atomic mass is 32.1. The van der Waals surface area contributed by atoms with Crippen LogP contribution in [0.4, 0.5) is 0 Å². The third kappa shape index (κ3) is 1.32. The van der Waals surface area contributed by atoms with Gasteiger partial charge in [-0.1, -0.05) is 0 Å². The second kappa shape index (κ2) is 3.48. The molecule has 0 aliphatic heterocycles. The van der Waals surface area contributed by atoms with Crippen LogP contribution < -0.4 is 4.74 Å². The summed E-state index contributed by atoms with van der Waals surface area (Å²) >= 11 is 1.43. The molecule has 0 aliphatic carbocycles. The monoisotopic (exact) mass is 210 g/mol. The maximum absolute atomic E-state index is 9.57. The van der Waals surface area contributed by atoms with Gasteiger partial charge in [-0.2, -0.15) is 0 Å². The van der Waals surface area contributed by atoms with Gasteiger partial charge < -0.3 is 14.9 Å². The zero-order valence-electron chi connectivity index (χ0n) is 7.65. The van der Waals surface area contributed by atoms with E-state index in [2.05, 4.69) is 0 Å². The molecule has 0 amide bonds. The zero-order valence-corrected chi connectivity index (χ0v) is 8.47. The van der Waals surface area contributed by atoms with Crippen LogP contribution in [0.5, 0.6) is 11.5 Å². The van der Waals surface area contributed by atoms with Crippen LogP contribution in [0.2, 0.25) is 0 Å². The lowest BCUT2D eigenvalue weighted by Crippen LogP contribution is -1.81. The molecule has 2 N–H and O–H groups in total. The van der Waals surface area contributed by atoms with Crippen molar-refractivity contribution in [1.82, 2.24) is 0 Å². The Balaban J connectivity index is 2.74. The molecule has 14 heavy (non-hydrogen) atoms. The number of methoxy groups -OCH3 is 1. The number of ether oxygens (including phenoxy) is 1. The van der Waals surface area contributed by atoms with E-state index < -0.39 is 0 Å². The standard InChI is InChI=1S/C10H10O3S/c1-13-9-3-2-8(12)7-4-6(5-11)14-10(7)9/h2-4,11-12H,5H2,1H3. The van der Waals surface area contributed by atoms with Crippen molar-refractivity contribution in [3.63, 3.8) is 0 Å². The first kappa shape index (κ1) is 9.30. The lowest BCUT2D eigenvalue weighted by Gasteiger charge is -2.01. The van der Waals surface area contributed by atoms with Crippen LogP contribution in [0, 0.1) is 0 Å². The summed E-state index contributed by atoms with van der Waals surface area (Å²) in [5.74, 6) is 0.944. The maximum atomic E-state index is 9.57. The number of hydrogen-bond donors (Lipinski definition) is 2. The summed E-state index contributed by atoms with van der Waals surface area (Å²) in [6.07, 6.45) is 0. The summed E-state index contributed by atoms with van der Waals surface area (Å²) < 4.78 is 6.03. The van der Waals surface area contributed by atoms with Crippen molar-refractivity contribution in [3.05, 3.63) is 23.1 Å². The van der Waals surface area contributed by atoms with Gasteiger partial charge in [-0.3, -0.25) is 0 Å². The zero-order chi connectivity index (χ0) is 10.1. The van der Waals surface area contributed by atoms with E-state index in [0.29, 0.717) is 0 Å². The van der Waals surface area contributed by atoms with E-state index in [0.717, 1.165) is 20.7 Å². The van der Waals surface area contributed by atoms with Crippen molar-refractivity contribution in [2.75, 3.05) is 7.11 Å². The first-order valence-electron chi connectivity index (χ1n) is 4.15. The van der Waals surface area contributed by atoms with Crippen molar-refractivity contribution in [2.45, 2.75) is 6.61 Å². The Hall–Kier alpha value is -1.26. The van der Waals surface area contributed by atoms with Gasteiger partial charge in [0.15, 0.2) is 0 Å². The van der Waals surface area contributed by atoms with Gasteiger partial charge in [-0.05, 0) is 18.2 Å². The molecule has 0 saturated carbocycles. The molecule has 2 rings (SSSR count). The van der Waals surface area contributed by atoms with Gasteiger partial charge in [-0.25, -0.2) is 0 Å². The van der Waals surface area contributed by atoms with E-state index >= 15 is 0 Å². The van der Waals surface area contributed by atoms with Crippen molar-refractivity contribution >= 4 is 21.4 Å². The molecule has 0 unspecified atom stereocenters. The maximum Gasteiger partial charge on any atom is 0.136 e. The second-order valence-electron chi connectivity index (χ2n) is 2.90. The van der Waals surface area contributed by atoms with E-state index in [1.807, 2.05) is 0 Å². The number of hydrogen-bond acceptors (Lipinski definition) is 4. The average molecular weight is 210 g/mol. The number of fused-ring (bicyclic) bond motifs is 1. The highest BCUT2D eigenvalue weighted by molar-refractivity contribution is 7.19. The number of aromatic hydroxyl groups is 1. The highest BCUT2D eigenvalue weighted by Crippen LogP contribution is 2.38. The lowest BCUT2D eigenvalue weighted by atomic mass is 10.2. The molecule has 74 valence electrons. The summed E-state index contributed by atoms with van der Waals surface area (Å²) in [4.78, 5) is 0.819. The number of phenols is 1.